The number of aliphatic hydroxyl groups is 1. The van der Waals surface area contributed by atoms with E-state index < -0.39 is 0 Å². The number of aryl methyl sites for hydroxylation is 2. The summed E-state index contributed by atoms with van der Waals surface area (Å²) in [5.41, 5.74) is 4.09. The number of aromatic amines is 1. The molecule has 4 rings (SSSR count). The zero-order valence-corrected chi connectivity index (χ0v) is 14.7. The van der Waals surface area contributed by atoms with Crippen molar-refractivity contribution < 1.29 is 5.11 Å². The largest absolute Gasteiger partial charge is 0.391 e. The molecule has 5 nitrogen and oxygen atoms in total. The minimum Gasteiger partial charge on any atom is -0.391 e. The van der Waals surface area contributed by atoms with Crippen LogP contribution in [0.3, 0.4) is 0 Å². The van der Waals surface area contributed by atoms with Gasteiger partial charge in [0, 0.05) is 11.3 Å². The third kappa shape index (κ3) is 3.00. The predicted molar refractivity (Wildman–Crippen MR) is 101 cm³/mol. The number of aromatic nitrogens is 3. The number of fused-ring (bicyclic) bond motifs is 1. The van der Waals surface area contributed by atoms with Gasteiger partial charge in [-0.3, -0.25) is 0 Å². The highest BCUT2D eigenvalue weighted by atomic mass is 16.3. The summed E-state index contributed by atoms with van der Waals surface area (Å²) in [5.74, 6) is 1.51. The van der Waals surface area contributed by atoms with Gasteiger partial charge in [-0.05, 0) is 32.3 Å². The second kappa shape index (κ2) is 6.48. The van der Waals surface area contributed by atoms with Crippen molar-refractivity contribution in [2.24, 2.45) is 0 Å². The summed E-state index contributed by atoms with van der Waals surface area (Å²) >= 11 is 0. The first-order chi connectivity index (χ1) is 12.1. The number of H-pyrrole nitrogens is 1. The molecule has 0 aliphatic heterocycles. The van der Waals surface area contributed by atoms with Crippen LogP contribution in [0.25, 0.3) is 22.4 Å². The monoisotopic (exact) mass is 336 g/mol. The first-order valence-corrected chi connectivity index (χ1v) is 9.00. The third-order valence-electron chi connectivity index (χ3n) is 5.24. The van der Waals surface area contributed by atoms with Crippen LogP contribution < -0.4 is 5.32 Å². The van der Waals surface area contributed by atoms with E-state index in [1.807, 2.05) is 30.3 Å². The Morgan fingerprint density at radius 3 is 2.60 bits per heavy atom. The molecule has 2 aromatic heterocycles. The van der Waals surface area contributed by atoms with Crippen molar-refractivity contribution in [2.45, 2.75) is 51.7 Å². The standard InChI is InChI=1S/C20H24N4O/c1-12-13(2)21-19-17(12)20(22-15-10-6-7-11-16(15)25)24-18(23-19)14-8-4-3-5-9-14/h3-5,8-9,15-16,25H,6-7,10-11H2,1-2H3,(H2,21,22,23,24)/t15?,16-/m0/s1. The van der Waals surface area contributed by atoms with Gasteiger partial charge in [-0.15, -0.1) is 0 Å². The molecular weight excluding hydrogens is 312 g/mol. The lowest BCUT2D eigenvalue weighted by Gasteiger charge is -2.29. The first-order valence-electron chi connectivity index (χ1n) is 9.00. The Bertz CT molecular complexity index is 888. The van der Waals surface area contributed by atoms with Crippen LogP contribution >= 0.6 is 0 Å². The Balaban J connectivity index is 1.82. The fourth-order valence-electron chi connectivity index (χ4n) is 3.64. The summed E-state index contributed by atoms with van der Waals surface area (Å²) in [6, 6.07) is 10.1. The molecule has 1 aromatic carbocycles. The number of aliphatic hydroxyl groups excluding tert-OH is 1. The molecule has 0 bridgehead atoms. The van der Waals surface area contributed by atoms with Crippen LogP contribution in [-0.2, 0) is 0 Å². The van der Waals surface area contributed by atoms with Crippen molar-refractivity contribution >= 4 is 16.9 Å². The van der Waals surface area contributed by atoms with Crippen molar-refractivity contribution in [3.05, 3.63) is 41.6 Å². The van der Waals surface area contributed by atoms with Gasteiger partial charge >= 0.3 is 0 Å². The smallest absolute Gasteiger partial charge is 0.163 e. The average Bonchev–Trinajstić information content (AvgIpc) is 2.92. The Hall–Kier alpha value is -2.40. The van der Waals surface area contributed by atoms with Gasteiger partial charge in [0.1, 0.15) is 11.5 Å². The van der Waals surface area contributed by atoms with Crippen molar-refractivity contribution in [3.63, 3.8) is 0 Å². The van der Waals surface area contributed by atoms with Crippen LogP contribution in [0, 0.1) is 13.8 Å². The van der Waals surface area contributed by atoms with Gasteiger partial charge in [0.2, 0.25) is 0 Å². The Labute approximate surface area is 147 Å². The fraction of sp³-hybridized carbons (Fsp3) is 0.400. The lowest BCUT2D eigenvalue weighted by Crippen LogP contribution is -2.36. The van der Waals surface area contributed by atoms with Gasteiger partial charge < -0.3 is 15.4 Å². The Kier molecular flexibility index (Phi) is 4.17. The minimum atomic E-state index is -0.320. The number of benzene rings is 1. The molecule has 1 aliphatic rings. The maximum absolute atomic E-state index is 10.3. The van der Waals surface area contributed by atoms with Crippen molar-refractivity contribution in [3.8, 4) is 11.4 Å². The number of anilines is 1. The van der Waals surface area contributed by atoms with E-state index >= 15 is 0 Å². The molecule has 2 heterocycles. The molecule has 5 heteroatoms. The maximum atomic E-state index is 10.3. The molecule has 0 saturated heterocycles. The maximum Gasteiger partial charge on any atom is 0.163 e. The first kappa shape index (κ1) is 16.1. The van der Waals surface area contributed by atoms with Gasteiger partial charge in [-0.1, -0.05) is 43.2 Å². The van der Waals surface area contributed by atoms with Crippen LogP contribution in [-0.4, -0.2) is 32.2 Å². The summed E-state index contributed by atoms with van der Waals surface area (Å²) in [5, 5.41) is 14.9. The normalized spacial score (nSPS) is 20.8. The lowest BCUT2D eigenvalue weighted by atomic mass is 9.92. The van der Waals surface area contributed by atoms with Crippen LogP contribution in [0.1, 0.15) is 36.9 Å². The third-order valence-corrected chi connectivity index (χ3v) is 5.24. The summed E-state index contributed by atoms with van der Waals surface area (Å²) in [6.07, 6.45) is 3.73. The lowest BCUT2D eigenvalue weighted by molar-refractivity contribution is 0.116. The fourth-order valence-corrected chi connectivity index (χ4v) is 3.64. The SMILES string of the molecule is Cc1[nH]c2nc(-c3ccccc3)nc(NC3CCCC[C@@H]3O)c2c1C. The summed E-state index contributed by atoms with van der Waals surface area (Å²) in [7, 11) is 0. The van der Waals surface area contributed by atoms with E-state index in [-0.39, 0.29) is 12.1 Å². The van der Waals surface area contributed by atoms with E-state index in [1.165, 1.54) is 0 Å². The van der Waals surface area contributed by atoms with E-state index in [1.54, 1.807) is 0 Å². The predicted octanol–water partition coefficient (Wildman–Crippen LogP) is 3.96. The molecule has 3 aromatic rings. The Morgan fingerprint density at radius 1 is 1.08 bits per heavy atom. The molecule has 0 spiro atoms. The zero-order valence-electron chi connectivity index (χ0n) is 14.7. The minimum absolute atomic E-state index is 0.0464. The topological polar surface area (TPSA) is 73.8 Å². The average molecular weight is 336 g/mol. The summed E-state index contributed by atoms with van der Waals surface area (Å²) < 4.78 is 0. The van der Waals surface area contributed by atoms with Gasteiger partial charge in [0.15, 0.2) is 5.82 Å². The highest BCUT2D eigenvalue weighted by Crippen LogP contribution is 2.31. The van der Waals surface area contributed by atoms with Crippen LogP contribution in [0.15, 0.2) is 30.3 Å². The molecule has 25 heavy (non-hydrogen) atoms. The quantitative estimate of drug-likeness (QED) is 0.677. The number of rotatable bonds is 3. The highest BCUT2D eigenvalue weighted by molar-refractivity contribution is 5.92. The van der Waals surface area contributed by atoms with Gasteiger partial charge in [0.05, 0.1) is 17.5 Å². The Morgan fingerprint density at radius 2 is 1.84 bits per heavy atom. The molecule has 3 N–H and O–H groups in total. The van der Waals surface area contributed by atoms with Crippen molar-refractivity contribution in [1.29, 1.82) is 0 Å². The highest BCUT2D eigenvalue weighted by Gasteiger charge is 2.25. The zero-order chi connectivity index (χ0) is 17.4. The van der Waals surface area contributed by atoms with E-state index in [9.17, 15) is 5.11 Å². The molecule has 0 amide bonds. The molecule has 1 aliphatic carbocycles. The van der Waals surface area contributed by atoms with E-state index in [4.69, 9.17) is 9.97 Å². The second-order valence-electron chi connectivity index (χ2n) is 6.96. The number of nitrogens with zero attached hydrogens (tertiary/aromatic N) is 2. The summed E-state index contributed by atoms with van der Waals surface area (Å²) in [6.45, 7) is 4.14. The number of hydrogen-bond acceptors (Lipinski definition) is 4. The molecule has 1 saturated carbocycles. The van der Waals surface area contributed by atoms with Crippen LogP contribution in [0.4, 0.5) is 5.82 Å². The van der Waals surface area contributed by atoms with Gasteiger partial charge in [-0.2, -0.15) is 0 Å². The van der Waals surface area contributed by atoms with Crippen molar-refractivity contribution in [2.75, 3.05) is 5.32 Å². The molecule has 130 valence electrons. The van der Waals surface area contributed by atoms with E-state index in [0.717, 1.165) is 59.4 Å². The van der Waals surface area contributed by atoms with Crippen LogP contribution in [0.2, 0.25) is 0 Å². The van der Waals surface area contributed by atoms with Crippen LogP contribution in [0.5, 0.6) is 0 Å². The molecule has 1 unspecified atom stereocenters. The molecule has 2 atom stereocenters. The van der Waals surface area contributed by atoms with E-state index in [2.05, 4.69) is 24.1 Å². The summed E-state index contributed by atoms with van der Waals surface area (Å²) in [4.78, 5) is 12.9. The molecule has 0 radical (unpaired) electrons. The number of hydrogen-bond donors (Lipinski definition) is 3. The van der Waals surface area contributed by atoms with Crippen molar-refractivity contribution in [1.82, 2.24) is 15.0 Å². The number of nitrogens with one attached hydrogen (secondary N) is 2. The van der Waals surface area contributed by atoms with Gasteiger partial charge in [0.25, 0.3) is 0 Å². The van der Waals surface area contributed by atoms with Gasteiger partial charge in [-0.25, -0.2) is 9.97 Å². The van der Waals surface area contributed by atoms with E-state index in [0.29, 0.717) is 5.82 Å². The molecular formula is C20H24N4O. The second-order valence-corrected chi connectivity index (χ2v) is 6.96. The molecule has 1 fully saturated rings.